The maximum atomic E-state index is 12.7. The van der Waals surface area contributed by atoms with E-state index in [-0.39, 0.29) is 11.4 Å². The number of aromatic nitrogens is 1. The third-order valence-electron chi connectivity index (χ3n) is 3.37. The summed E-state index contributed by atoms with van der Waals surface area (Å²) in [6, 6.07) is 8.41. The minimum atomic E-state index is -3.57. The van der Waals surface area contributed by atoms with E-state index < -0.39 is 10.0 Å². The maximum Gasteiger partial charge on any atom is 0.243 e. The first-order chi connectivity index (χ1) is 10.4. The Balaban J connectivity index is 2.26. The van der Waals surface area contributed by atoms with Crippen molar-refractivity contribution in [3.05, 3.63) is 53.9 Å². The fraction of sp³-hybridized carbons (Fsp3) is 0.312. The topological polar surface area (TPSA) is 59.5 Å². The van der Waals surface area contributed by atoms with Crippen LogP contribution in [0.4, 0.5) is 0 Å². The lowest BCUT2D eigenvalue weighted by Crippen LogP contribution is -2.26. The lowest BCUT2D eigenvalue weighted by molar-refractivity contribution is 0.339. The summed E-state index contributed by atoms with van der Waals surface area (Å²) in [5.41, 5.74) is 1.90. The van der Waals surface area contributed by atoms with Gasteiger partial charge < -0.3 is 4.74 Å². The molecule has 1 heterocycles. The molecule has 1 aromatic carbocycles. The molecule has 0 radical (unpaired) electrons. The molecular weight excluding hydrogens is 300 g/mol. The van der Waals surface area contributed by atoms with Gasteiger partial charge in [-0.05, 0) is 43.2 Å². The van der Waals surface area contributed by atoms with E-state index in [1.807, 2.05) is 19.9 Å². The van der Waals surface area contributed by atoms with Crippen LogP contribution >= 0.6 is 0 Å². The first-order valence-corrected chi connectivity index (χ1v) is 8.48. The molecule has 0 N–H and O–H groups in total. The number of rotatable bonds is 6. The summed E-state index contributed by atoms with van der Waals surface area (Å²) < 4.78 is 32.0. The zero-order valence-electron chi connectivity index (χ0n) is 13.0. The monoisotopic (exact) mass is 320 g/mol. The fourth-order valence-electron chi connectivity index (χ4n) is 2.06. The number of benzene rings is 1. The van der Waals surface area contributed by atoms with E-state index in [2.05, 4.69) is 4.98 Å². The number of aryl methyl sites for hydroxylation is 1. The van der Waals surface area contributed by atoms with Crippen LogP contribution in [0.5, 0.6) is 5.75 Å². The Morgan fingerprint density at radius 3 is 2.73 bits per heavy atom. The Morgan fingerprint density at radius 1 is 1.27 bits per heavy atom. The summed E-state index contributed by atoms with van der Waals surface area (Å²) in [7, 11) is -2.00. The number of pyridine rings is 1. The molecule has 2 aromatic rings. The van der Waals surface area contributed by atoms with Crippen LogP contribution in [0.2, 0.25) is 0 Å². The summed E-state index contributed by atoms with van der Waals surface area (Å²) in [4.78, 5) is 4.27. The second kappa shape index (κ2) is 6.89. The minimum absolute atomic E-state index is 0.225. The van der Waals surface area contributed by atoms with Crippen LogP contribution in [0.15, 0.2) is 47.6 Å². The number of nitrogens with zero attached hydrogens (tertiary/aromatic N) is 2. The lowest BCUT2D eigenvalue weighted by atomic mass is 10.2. The molecule has 2 rings (SSSR count). The molecule has 0 atom stereocenters. The molecule has 0 fully saturated rings. The molecule has 0 unspecified atom stereocenters. The molecule has 5 nitrogen and oxygen atoms in total. The van der Waals surface area contributed by atoms with Crippen molar-refractivity contribution >= 4 is 10.0 Å². The molecule has 1 aromatic heterocycles. The molecule has 0 bridgehead atoms. The molecule has 0 aliphatic rings. The normalized spacial score (nSPS) is 11.6. The van der Waals surface area contributed by atoms with Gasteiger partial charge in [0.1, 0.15) is 5.75 Å². The Labute approximate surface area is 131 Å². The van der Waals surface area contributed by atoms with E-state index in [0.29, 0.717) is 12.4 Å². The Bertz CT molecular complexity index is 745. The van der Waals surface area contributed by atoms with Gasteiger partial charge in [-0.25, -0.2) is 8.42 Å². The predicted molar refractivity (Wildman–Crippen MR) is 85.2 cm³/mol. The van der Waals surface area contributed by atoms with Crippen molar-refractivity contribution in [3.63, 3.8) is 0 Å². The predicted octanol–water partition coefficient (Wildman–Crippen LogP) is 2.61. The van der Waals surface area contributed by atoms with Crippen molar-refractivity contribution in [1.82, 2.24) is 9.29 Å². The van der Waals surface area contributed by atoms with Gasteiger partial charge in [0.05, 0.1) is 11.5 Å². The van der Waals surface area contributed by atoms with Gasteiger partial charge in [-0.1, -0.05) is 6.07 Å². The van der Waals surface area contributed by atoms with Crippen LogP contribution < -0.4 is 4.74 Å². The lowest BCUT2D eigenvalue weighted by Gasteiger charge is -2.18. The third-order valence-corrected chi connectivity index (χ3v) is 5.16. The fourth-order valence-corrected chi connectivity index (χ4v) is 3.24. The zero-order valence-corrected chi connectivity index (χ0v) is 13.8. The van der Waals surface area contributed by atoms with E-state index in [1.165, 1.54) is 4.31 Å². The van der Waals surface area contributed by atoms with E-state index in [9.17, 15) is 8.42 Å². The largest absolute Gasteiger partial charge is 0.494 e. The summed E-state index contributed by atoms with van der Waals surface area (Å²) in [6.45, 7) is 4.57. The van der Waals surface area contributed by atoms with Crippen LogP contribution in [0, 0.1) is 6.92 Å². The molecule has 0 spiro atoms. The quantitative estimate of drug-likeness (QED) is 0.821. The third kappa shape index (κ3) is 3.64. The van der Waals surface area contributed by atoms with Crippen LogP contribution in [0.3, 0.4) is 0 Å². The smallest absolute Gasteiger partial charge is 0.243 e. The van der Waals surface area contributed by atoms with Gasteiger partial charge in [0.15, 0.2) is 0 Å². The summed E-state index contributed by atoms with van der Waals surface area (Å²) in [6.07, 6.45) is 3.39. The van der Waals surface area contributed by atoms with Crippen LogP contribution in [0.1, 0.15) is 18.1 Å². The molecule has 0 amide bonds. The first kappa shape index (κ1) is 16.5. The summed E-state index contributed by atoms with van der Waals surface area (Å²) in [5.74, 6) is 0.550. The zero-order chi connectivity index (χ0) is 16.2. The van der Waals surface area contributed by atoms with E-state index >= 15 is 0 Å². The van der Waals surface area contributed by atoms with Crippen molar-refractivity contribution in [2.75, 3.05) is 13.7 Å². The van der Waals surface area contributed by atoms with E-state index in [4.69, 9.17) is 4.74 Å². The van der Waals surface area contributed by atoms with Crippen molar-refractivity contribution in [3.8, 4) is 5.75 Å². The van der Waals surface area contributed by atoms with Gasteiger partial charge >= 0.3 is 0 Å². The average Bonchev–Trinajstić information content (AvgIpc) is 2.50. The molecule has 0 saturated heterocycles. The number of hydrogen-bond acceptors (Lipinski definition) is 4. The van der Waals surface area contributed by atoms with Crippen molar-refractivity contribution in [2.24, 2.45) is 0 Å². The van der Waals surface area contributed by atoms with Crippen LogP contribution in [-0.2, 0) is 16.6 Å². The molecule has 0 aliphatic carbocycles. The molecule has 0 aliphatic heterocycles. The maximum absolute atomic E-state index is 12.7. The van der Waals surface area contributed by atoms with Gasteiger partial charge in [-0.3, -0.25) is 4.98 Å². The Morgan fingerprint density at radius 2 is 2.05 bits per heavy atom. The number of hydrogen-bond donors (Lipinski definition) is 0. The van der Waals surface area contributed by atoms with Gasteiger partial charge in [-0.2, -0.15) is 4.31 Å². The van der Waals surface area contributed by atoms with Gasteiger partial charge in [-0.15, -0.1) is 0 Å². The standard InChI is InChI=1S/C16H20N2O3S/c1-4-21-15-6-5-7-16(10-15)22(19,20)18(3)12-14-11-17-9-8-13(14)2/h5-11H,4,12H2,1-3H3. The number of sulfonamides is 1. The van der Waals surface area contributed by atoms with Crippen molar-refractivity contribution < 1.29 is 13.2 Å². The number of ether oxygens (including phenoxy) is 1. The highest BCUT2D eigenvalue weighted by Crippen LogP contribution is 2.22. The van der Waals surface area contributed by atoms with E-state index in [1.54, 1.807) is 43.7 Å². The Hall–Kier alpha value is -1.92. The van der Waals surface area contributed by atoms with Gasteiger partial charge in [0.25, 0.3) is 0 Å². The average molecular weight is 320 g/mol. The SMILES string of the molecule is CCOc1cccc(S(=O)(=O)N(C)Cc2cnccc2C)c1. The van der Waals surface area contributed by atoms with Crippen molar-refractivity contribution in [2.45, 2.75) is 25.3 Å². The second-order valence-corrected chi connectivity index (χ2v) is 7.02. The first-order valence-electron chi connectivity index (χ1n) is 7.04. The molecule has 6 heteroatoms. The van der Waals surface area contributed by atoms with E-state index in [0.717, 1.165) is 11.1 Å². The molecule has 22 heavy (non-hydrogen) atoms. The highest BCUT2D eigenvalue weighted by atomic mass is 32.2. The van der Waals surface area contributed by atoms with Crippen LogP contribution in [-0.4, -0.2) is 31.4 Å². The highest BCUT2D eigenvalue weighted by molar-refractivity contribution is 7.89. The molecular formula is C16H20N2O3S. The highest BCUT2D eigenvalue weighted by Gasteiger charge is 2.22. The summed E-state index contributed by atoms with van der Waals surface area (Å²) >= 11 is 0. The molecule has 0 saturated carbocycles. The van der Waals surface area contributed by atoms with Crippen molar-refractivity contribution in [1.29, 1.82) is 0 Å². The van der Waals surface area contributed by atoms with Gasteiger partial charge in [0, 0.05) is 32.1 Å². The summed E-state index contributed by atoms with van der Waals surface area (Å²) in [5, 5.41) is 0. The second-order valence-electron chi connectivity index (χ2n) is 4.97. The molecule has 118 valence electrons. The van der Waals surface area contributed by atoms with Gasteiger partial charge in [0.2, 0.25) is 10.0 Å². The van der Waals surface area contributed by atoms with Crippen LogP contribution in [0.25, 0.3) is 0 Å². The minimum Gasteiger partial charge on any atom is -0.494 e. The Kier molecular flexibility index (Phi) is 5.15.